The van der Waals surface area contributed by atoms with Gasteiger partial charge in [0.05, 0.1) is 0 Å². The summed E-state index contributed by atoms with van der Waals surface area (Å²) in [5, 5.41) is 9.77. The van der Waals surface area contributed by atoms with E-state index in [9.17, 15) is 5.11 Å². The minimum Gasteiger partial charge on any atom is -0.378 e. The van der Waals surface area contributed by atoms with Gasteiger partial charge >= 0.3 is 0 Å². The molecule has 0 saturated carbocycles. The molecule has 0 aromatic carbocycles. The third-order valence-electron chi connectivity index (χ3n) is 2.03. The van der Waals surface area contributed by atoms with Gasteiger partial charge in [0, 0.05) is 6.42 Å². The van der Waals surface area contributed by atoms with Crippen LogP contribution in [-0.2, 0) is 0 Å². The van der Waals surface area contributed by atoms with Crippen LogP contribution in [0.3, 0.4) is 0 Å². The quantitative estimate of drug-likeness (QED) is 0.511. The van der Waals surface area contributed by atoms with Crippen molar-refractivity contribution in [2.75, 3.05) is 0 Å². The van der Waals surface area contributed by atoms with Crippen molar-refractivity contribution in [3.63, 3.8) is 0 Å². The van der Waals surface area contributed by atoms with Gasteiger partial charge in [-0.2, -0.15) is 0 Å². The van der Waals surface area contributed by atoms with E-state index in [0.29, 0.717) is 0 Å². The predicted molar refractivity (Wildman–Crippen MR) is 57.4 cm³/mol. The highest BCUT2D eigenvalue weighted by Crippen LogP contribution is 2.12. The molecular formula is C12H22O. The molecule has 0 aromatic rings. The van der Waals surface area contributed by atoms with Gasteiger partial charge < -0.3 is 5.11 Å². The molecule has 1 atom stereocenters. The molecule has 0 aliphatic carbocycles. The van der Waals surface area contributed by atoms with Crippen LogP contribution in [0, 0.1) is 11.8 Å². The summed E-state index contributed by atoms with van der Waals surface area (Å²) in [7, 11) is 0. The van der Waals surface area contributed by atoms with Crippen molar-refractivity contribution in [2.24, 2.45) is 0 Å². The summed E-state index contributed by atoms with van der Waals surface area (Å²) >= 11 is 0. The summed E-state index contributed by atoms with van der Waals surface area (Å²) in [5.41, 5.74) is -0.760. The first-order chi connectivity index (χ1) is 6.12. The first-order valence-electron chi connectivity index (χ1n) is 5.34. The zero-order valence-corrected chi connectivity index (χ0v) is 9.19. The van der Waals surface area contributed by atoms with Gasteiger partial charge in [-0.3, -0.25) is 0 Å². The molecule has 0 fully saturated rings. The van der Waals surface area contributed by atoms with Crippen LogP contribution in [0.25, 0.3) is 0 Å². The normalized spacial score (nSPS) is 14.5. The summed E-state index contributed by atoms with van der Waals surface area (Å²) in [6.07, 6.45) is 6.19. The molecule has 0 spiro atoms. The highest BCUT2D eigenvalue weighted by molar-refractivity contribution is 5.11. The highest BCUT2D eigenvalue weighted by atomic mass is 16.3. The number of aliphatic hydroxyl groups is 1. The van der Waals surface area contributed by atoms with Gasteiger partial charge in [0.15, 0.2) is 0 Å². The van der Waals surface area contributed by atoms with Crippen molar-refractivity contribution in [1.29, 1.82) is 0 Å². The Morgan fingerprint density at radius 1 is 1.15 bits per heavy atom. The second kappa shape index (κ2) is 6.97. The Bertz CT molecular complexity index is 171. The fourth-order valence-corrected chi connectivity index (χ4v) is 1.10. The lowest BCUT2D eigenvalue weighted by Crippen LogP contribution is -2.20. The summed E-state index contributed by atoms with van der Waals surface area (Å²) in [4.78, 5) is 0. The molecule has 0 aromatic heterocycles. The maximum atomic E-state index is 9.77. The molecule has 1 nitrogen and oxygen atoms in total. The van der Waals surface area contributed by atoms with Crippen LogP contribution in [0.15, 0.2) is 0 Å². The van der Waals surface area contributed by atoms with E-state index in [-0.39, 0.29) is 0 Å². The van der Waals surface area contributed by atoms with E-state index in [1.54, 1.807) is 0 Å². The van der Waals surface area contributed by atoms with Crippen LogP contribution in [0.1, 0.15) is 59.3 Å². The molecule has 13 heavy (non-hydrogen) atoms. The second-order valence-electron chi connectivity index (χ2n) is 3.78. The second-order valence-corrected chi connectivity index (χ2v) is 3.78. The average Bonchev–Trinajstić information content (AvgIpc) is 2.09. The van der Waals surface area contributed by atoms with Crippen LogP contribution < -0.4 is 0 Å². The van der Waals surface area contributed by atoms with E-state index in [2.05, 4.69) is 25.7 Å². The van der Waals surface area contributed by atoms with Crippen molar-refractivity contribution in [3.8, 4) is 11.8 Å². The number of unbranched alkanes of at least 4 members (excludes halogenated alkanes) is 3. The van der Waals surface area contributed by atoms with Crippen LogP contribution in [0.2, 0.25) is 0 Å². The molecule has 0 aliphatic rings. The molecule has 0 radical (unpaired) electrons. The molecule has 0 amide bonds. The third kappa shape index (κ3) is 7.87. The van der Waals surface area contributed by atoms with Crippen molar-refractivity contribution >= 4 is 0 Å². The van der Waals surface area contributed by atoms with E-state index >= 15 is 0 Å². The molecule has 1 N–H and O–H groups in total. The number of hydrogen-bond donors (Lipinski definition) is 1. The van der Waals surface area contributed by atoms with Gasteiger partial charge in [0.1, 0.15) is 5.60 Å². The lowest BCUT2D eigenvalue weighted by Gasteiger charge is -2.15. The Kier molecular flexibility index (Phi) is 6.72. The topological polar surface area (TPSA) is 20.2 Å². The molecule has 76 valence electrons. The predicted octanol–water partition coefficient (Wildman–Crippen LogP) is 3.12. The van der Waals surface area contributed by atoms with Crippen molar-refractivity contribution in [3.05, 3.63) is 0 Å². The molecule has 0 saturated heterocycles. The van der Waals surface area contributed by atoms with Gasteiger partial charge in [0.2, 0.25) is 0 Å². The van der Waals surface area contributed by atoms with Gasteiger partial charge in [-0.05, 0) is 26.2 Å². The Morgan fingerprint density at radius 3 is 2.31 bits per heavy atom. The monoisotopic (exact) mass is 182 g/mol. The molecule has 0 heterocycles. The fraction of sp³-hybridized carbons (Fsp3) is 0.833. The first-order valence-corrected chi connectivity index (χ1v) is 5.34. The fourth-order valence-electron chi connectivity index (χ4n) is 1.10. The summed E-state index contributed by atoms with van der Waals surface area (Å²) in [6, 6.07) is 0. The summed E-state index contributed by atoms with van der Waals surface area (Å²) in [6.45, 7) is 6.08. The van der Waals surface area contributed by atoms with Crippen LogP contribution in [0.4, 0.5) is 0 Å². The SMILES string of the molecule is CCCCC#CC(C)(O)CCCC. The van der Waals surface area contributed by atoms with Crippen molar-refractivity contribution in [2.45, 2.75) is 64.9 Å². The molecule has 0 aliphatic heterocycles. The smallest absolute Gasteiger partial charge is 0.122 e. The Morgan fingerprint density at radius 2 is 1.77 bits per heavy atom. The van der Waals surface area contributed by atoms with E-state index in [0.717, 1.165) is 32.1 Å². The molecular weight excluding hydrogens is 160 g/mol. The minimum absolute atomic E-state index is 0.760. The standard InChI is InChI=1S/C12H22O/c1-4-6-8-9-11-12(3,13)10-7-5-2/h13H,4-8,10H2,1-3H3. The van der Waals surface area contributed by atoms with Gasteiger partial charge in [-0.1, -0.05) is 32.6 Å². The Balaban J connectivity index is 3.75. The van der Waals surface area contributed by atoms with Crippen molar-refractivity contribution in [1.82, 2.24) is 0 Å². The zero-order valence-electron chi connectivity index (χ0n) is 9.19. The van der Waals surface area contributed by atoms with Crippen LogP contribution in [0.5, 0.6) is 0 Å². The number of hydrogen-bond acceptors (Lipinski definition) is 1. The summed E-state index contributed by atoms with van der Waals surface area (Å²) in [5.74, 6) is 5.97. The zero-order chi connectivity index (χ0) is 10.2. The third-order valence-corrected chi connectivity index (χ3v) is 2.03. The largest absolute Gasteiger partial charge is 0.378 e. The Hall–Kier alpha value is -0.480. The minimum atomic E-state index is -0.760. The van der Waals surface area contributed by atoms with E-state index in [1.165, 1.54) is 6.42 Å². The lowest BCUT2D eigenvalue weighted by atomic mass is 10.00. The Labute approximate surface area is 82.5 Å². The highest BCUT2D eigenvalue weighted by Gasteiger charge is 2.14. The molecule has 1 heteroatoms. The lowest BCUT2D eigenvalue weighted by molar-refractivity contribution is 0.109. The summed E-state index contributed by atoms with van der Waals surface area (Å²) < 4.78 is 0. The number of rotatable bonds is 5. The van der Waals surface area contributed by atoms with Gasteiger partial charge in [-0.15, -0.1) is 5.92 Å². The maximum absolute atomic E-state index is 9.77. The van der Waals surface area contributed by atoms with Crippen molar-refractivity contribution < 1.29 is 5.11 Å². The maximum Gasteiger partial charge on any atom is 0.122 e. The van der Waals surface area contributed by atoms with E-state index < -0.39 is 5.60 Å². The molecule has 0 rings (SSSR count). The van der Waals surface area contributed by atoms with Crippen LogP contribution in [-0.4, -0.2) is 10.7 Å². The van der Waals surface area contributed by atoms with E-state index in [1.807, 2.05) is 6.92 Å². The first kappa shape index (κ1) is 12.5. The molecule has 0 bridgehead atoms. The van der Waals surface area contributed by atoms with Gasteiger partial charge in [0.25, 0.3) is 0 Å². The van der Waals surface area contributed by atoms with Gasteiger partial charge in [-0.25, -0.2) is 0 Å². The average molecular weight is 182 g/mol. The van der Waals surface area contributed by atoms with E-state index in [4.69, 9.17) is 0 Å². The molecule has 1 unspecified atom stereocenters. The van der Waals surface area contributed by atoms with Crippen LogP contribution >= 0.6 is 0 Å².